The highest BCUT2D eigenvalue weighted by molar-refractivity contribution is 6.29. The van der Waals surface area contributed by atoms with Crippen molar-refractivity contribution in [2.75, 3.05) is 14.7 Å². The molecule has 1 spiro atoms. The van der Waals surface area contributed by atoms with Crippen LogP contribution < -0.4 is 14.7 Å². The van der Waals surface area contributed by atoms with Crippen LogP contribution in [0, 0.1) is 11.8 Å². The molecular weight excluding hydrogens is 841 g/mol. The van der Waals surface area contributed by atoms with E-state index in [0.29, 0.717) is 52.3 Å². The second-order valence-corrected chi connectivity index (χ2v) is 18.8. The summed E-state index contributed by atoms with van der Waals surface area (Å²) in [7, 11) is 0. The van der Waals surface area contributed by atoms with Gasteiger partial charge in [0, 0.05) is 46.1 Å². The topological polar surface area (TPSA) is 141 Å². The summed E-state index contributed by atoms with van der Waals surface area (Å²) in [6.45, 7) is 6.03. The van der Waals surface area contributed by atoms with Gasteiger partial charge in [-0.1, -0.05) is 103 Å². The second-order valence-electron chi connectivity index (χ2n) is 18.8. The number of hydrogen-bond donors (Lipinski definition) is 2. The highest BCUT2D eigenvalue weighted by Gasteiger charge is 2.66. The maximum atomic E-state index is 15.6. The van der Waals surface area contributed by atoms with Gasteiger partial charge in [-0.25, -0.2) is 0 Å². The molecule has 4 aliphatic rings. The lowest BCUT2D eigenvalue weighted by molar-refractivity contribution is -0.146. The van der Waals surface area contributed by atoms with Crippen LogP contribution in [0.25, 0.3) is 21.5 Å². The van der Waals surface area contributed by atoms with E-state index < -0.39 is 35.2 Å². The Bertz CT molecular complexity index is 3330. The van der Waals surface area contributed by atoms with Crippen LogP contribution in [0.5, 0.6) is 0 Å². The number of carbonyl (C=O) groups excluding carboxylic acids is 3. The molecule has 12 heteroatoms. The number of aliphatic hydroxyl groups excluding tert-OH is 1. The predicted molar refractivity (Wildman–Crippen MR) is 256 cm³/mol. The number of aliphatic hydroxyl groups is 2. The van der Waals surface area contributed by atoms with Gasteiger partial charge in [0.05, 0.1) is 52.6 Å². The van der Waals surface area contributed by atoms with Gasteiger partial charge in [-0.15, -0.1) is 5.10 Å². The first-order valence-electron chi connectivity index (χ1n) is 22.7. The number of rotatable bonds is 10. The van der Waals surface area contributed by atoms with E-state index >= 15 is 4.79 Å². The molecule has 2 N–H and O–H groups in total. The molecule has 1 aromatic heterocycles. The summed E-state index contributed by atoms with van der Waals surface area (Å²) in [5, 5.41) is 35.4. The highest BCUT2D eigenvalue weighted by Crippen LogP contribution is 2.59. The Labute approximate surface area is 386 Å². The van der Waals surface area contributed by atoms with Gasteiger partial charge in [-0.2, -0.15) is 0 Å². The molecule has 4 aliphatic heterocycles. The lowest BCUT2D eigenvalue weighted by Gasteiger charge is -2.34. The predicted octanol–water partition coefficient (Wildman–Crippen LogP) is 9.50. The van der Waals surface area contributed by atoms with Crippen LogP contribution in [0.3, 0.4) is 0 Å². The Morgan fingerprint density at radius 3 is 1.94 bits per heavy atom. The molecule has 7 aromatic carbocycles. The molecule has 0 bridgehead atoms. The fourth-order valence-electron chi connectivity index (χ4n) is 11.5. The van der Waals surface area contributed by atoms with E-state index in [1.54, 1.807) is 39.4 Å². The molecule has 5 atom stereocenters. The van der Waals surface area contributed by atoms with Crippen molar-refractivity contribution >= 4 is 67.7 Å². The molecule has 12 rings (SSSR count). The summed E-state index contributed by atoms with van der Waals surface area (Å²) in [6.07, 6.45) is 0.527. The van der Waals surface area contributed by atoms with Crippen LogP contribution in [0.15, 0.2) is 152 Å². The summed E-state index contributed by atoms with van der Waals surface area (Å²) in [5.41, 5.74) is 4.60. The molecule has 0 saturated carbocycles. The largest absolute Gasteiger partial charge is 0.390 e. The molecule has 8 aromatic rings. The van der Waals surface area contributed by atoms with Crippen molar-refractivity contribution in [1.29, 1.82) is 0 Å². The number of nitrogens with zero attached hydrogens (tertiary/aromatic N) is 6. The van der Waals surface area contributed by atoms with Gasteiger partial charge in [0.25, 0.3) is 17.7 Å². The average Bonchev–Trinajstić information content (AvgIpc) is 4.13. The first-order valence-corrected chi connectivity index (χ1v) is 22.7. The van der Waals surface area contributed by atoms with Crippen LogP contribution in [0.4, 0.5) is 28.4 Å². The monoisotopic (exact) mass is 886 g/mol. The average molecular weight is 887 g/mol. The van der Waals surface area contributed by atoms with Crippen LogP contribution >= 0.6 is 0 Å². The molecular formula is C55H46N6O6. The zero-order valence-corrected chi connectivity index (χ0v) is 37.1. The van der Waals surface area contributed by atoms with Crippen molar-refractivity contribution in [3.05, 3.63) is 185 Å². The molecule has 1 saturated heterocycles. The third-order valence-corrected chi connectivity index (χ3v) is 14.5. The Balaban J connectivity index is 0.906. The van der Waals surface area contributed by atoms with Crippen molar-refractivity contribution in [2.45, 2.75) is 63.7 Å². The third-order valence-electron chi connectivity index (χ3n) is 14.5. The summed E-state index contributed by atoms with van der Waals surface area (Å²) in [4.78, 5) is 48.9. The molecule has 0 radical (unpaired) electrons. The zero-order chi connectivity index (χ0) is 45.9. The Morgan fingerprint density at radius 1 is 0.716 bits per heavy atom. The Kier molecular flexibility index (Phi) is 9.18. The lowest BCUT2D eigenvalue weighted by Crippen LogP contribution is -2.46. The second kappa shape index (κ2) is 15.0. The fraction of sp³-hybridized carbons (Fsp3) is 0.218. The molecule has 12 nitrogen and oxygen atoms in total. The van der Waals surface area contributed by atoms with Gasteiger partial charge in [0.2, 0.25) is 0 Å². The number of carbonyl (C=O) groups is 3. The number of benzene rings is 7. The summed E-state index contributed by atoms with van der Waals surface area (Å²) in [6, 6.07) is 46.0. The van der Waals surface area contributed by atoms with Gasteiger partial charge in [0.15, 0.2) is 5.60 Å². The van der Waals surface area contributed by atoms with Crippen molar-refractivity contribution < 1.29 is 29.3 Å². The number of aromatic nitrogens is 3. The number of hydrogen-bond acceptors (Lipinski definition) is 8. The summed E-state index contributed by atoms with van der Waals surface area (Å²) in [5.74, 6) is -1.55. The van der Waals surface area contributed by atoms with Crippen LogP contribution in [-0.2, 0) is 28.2 Å². The van der Waals surface area contributed by atoms with Crippen molar-refractivity contribution in [2.24, 2.45) is 11.8 Å². The van der Waals surface area contributed by atoms with Gasteiger partial charge in [-0.3, -0.25) is 28.9 Å². The molecule has 5 heterocycles. The number of amides is 3. The minimum atomic E-state index is -1.54. The molecule has 1 fully saturated rings. The smallest absolute Gasteiger partial charge is 0.264 e. The van der Waals surface area contributed by atoms with Crippen LogP contribution in [-0.4, -0.2) is 54.6 Å². The zero-order valence-electron chi connectivity index (χ0n) is 37.1. The number of fused-ring (bicyclic) bond motifs is 2. The molecule has 67 heavy (non-hydrogen) atoms. The minimum absolute atomic E-state index is 0.0888. The highest BCUT2D eigenvalue weighted by atomic mass is 16.5. The maximum Gasteiger partial charge on any atom is 0.264 e. The third kappa shape index (κ3) is 6.13. The van der Waals surface area contributed by atoms with E-state index in [2.05, 4.69) is 10.3 Å². The number of anilines is 5. The normalized spacial score (nSPS) is 21.2. The first kappa shape index (κ1) is 41.0. The van der Waals surface area contributed by atoms with Gasteiger partial charge in [0.1, 0.15) is 11.8 Å². The van der Waals surface area contributed by atoms with Gasteiger partial charge >= 0.3 is 0 Å². The van der Waals surface area contributed by atoms with E-state index in [0.717, 1.165) is 44.2 Å². The Morgan fingerprint density at radius 2 is 1.31 bits per heavy atom. The fourth-order valence-corrected chi connectivity index (χ4v) is 11.5. The standard InChI is InChI=1S/C55H46N6O6/c1-32-49(54(2,3)66)46(27-28-58-31-42(56-57-58)50(62)36-11-5-4-6-12-36)67-55(32)41-29-38(61-45-20-10-16-35-14-8-18-40(48(35)45)52(61)64)25-26-43(41)59(53(55)65)30-33-21-23-37(24-22-33)60-44-19-9-15-34-13-7-17-39(47(34)44)51(60)63/h4-26,29,31-32,46,49-50,62,66H,27-28,30H2,1-3H3/t32-,46+,49-,50+,55+/m0/s1. The van der Waals surface area contributed by atoms with Crippen LogP contribution in [0.2, 0.25) is 0 Å². The first-order chi connectivity index (χ1) is 32.4. The SMILES string of the molecule is C[C@H]1[C@H](C(C)(C)O)[C@@H](CCn2cc([C@H](O)c3ccccc3)nn2)O[C@]12C(=O)N(Cc1ccc(N3C(=O)c4cccc5cccc3c45)cc1)c1ccc(N3C(=O)c4cccc5cccc3c45)cc12. The number of aryl methyl sites for hydroxylation is 1. The van der Waals surface area contributed by atoms with E-state index in [-0.39, 0.29) is 24.3 Å². The van der Waals surface area contributed by atoms with E-state index in [9.17, 15) is 19.8 Å². The van der Waals surface area contributed by atoms with Gasteiger partial charge < -0.3 is 19.8 Å². The van der Waals surface area contributed by atoms with E-state index in [1.807, 2.05) is 153 Å². The summed E-state index contributed by atoms with van der Waals surface area (Å²) < 4.78 is 8.88. The van der Waals surface area contributed by atoms with Crippen molar-refractivity contribution in [3.63, 3.8) is 0 Å². The van der Waals surface area contributed by atoms with Crippen molar-refractivity contribution in [1.82, 2.24) is 15.0 Å². The molecule has 0 unspecified atom stereocenters. The molecule has 332 valence electrons. The van der Waals surface area contributed by atoms with E-state index in [4.69, 9.17) is 4.74 Å². The summed E-state index contributed by atoms with van der Waals surface area (Å²) >= 11 is 0. The minimum Gasteiger partial charge on any atom is -0.390 e. The maximum absolute atomic E-state index is 15.6. The quantitative estimate of drug-likeness (QED) is 0.138. The Hall–Kier alpha value is -7.51. The van der Waals surface area contributed by atoms with Crippen molar-refractivity contribution in [3.8, 4) is 0 Å². The molecule has 0 aliphatic carbocycles. The van der Waals surface area contributed by atoms with Gasteiger partial charge in [-0.05, 0) is 96.8 Å². The lowest BCUT2D eigenvalue weighted by atomic mass is 9.70. The molecule has 3 amide bonds. The van der Waals surface area contributed by atoms with Crippen LogP contribution in [0.1, 0.15) is 76.4 Å². The number of ether oxygens (including phenoxy) is 1. The van der Waals surface area contributed by atoms with E-state index in [1.165, 1.54) is 0 Å².